The molecule has 2 aromatic heterocycles. The number of carbonyl (C=O) groups is 1. The number of nitrogens with two attached hydrogens (primary N) is 1. The summed E-state index contributed by atoms with van der Waals surface area (Å²) in [6.45, 7) is 1.80. The van der Waals surface area contributed by atoms with Gasteiger partial charge in [-0.05, 0) is 31.2 Å². The van der Waals surface area contributed by atoms with Crippen molar-refractivity contribution in [3.8, 4) is 0 Å². The molecule has 0 bridgehead atoms. The second-order valence-corrected chi connectivity index (χ2v) is 4.79. The molecule has 0 saturated heterocycles. The highest BCUT2D eigenvalue weighted by Crippen LogP contribution is 2.17. The molecule has 0 aliphatic rings. The molecule has 0 atom stereocenters. The fourth-order valence-electron chi connectivity index (χ4n) is 2.17. The average Bonchev–Trinajstić information content (AvgIpc) is 2.46. The lowest BCUT2D eigenvalue weighted by Gasteiger charge is -2.07. The number of rotatable bonds is 2. The van der Waals surface area contributed by atoms with Crippen molar-refractivity contribution in [1.82, 2.24) is 9.97 Å². The van der Waals surface area contributed by atoms with Gasteiger partial charge in [-0.2, -0.15) is 0 Å². The number of hydrogen-bond acceptors (Lipinski definition) is 4. The SMILES string of the molecule is Cc1cc(C(=O)Nc2cnc3ccccc3c2)cc(N)n1. The summed E-state index contributed by atoms with van der Waals surface area (Å²) in [7, 11) is 0. The monoisotopic (exact) mass is 278 g/mol. The summed E-state index contributed by atoms with van der Waals surface area (Å²) < 4.78 is 0. The summed E-state index contributed by atoms with van der Waals surface area (Å²) >= 11 is 0. The number of para-hydroxylation sites is 1. The van der Waals surface area contributed by atoms with E-state index in [-0.39, 0.29) is 5.91 Å². The first kappa shape index (κ1) is 13.1. The highest BCUT2D eigenvalue weighted by Gasteiger charge is 2.08. The van der Waals surface area contributed by atoms with E-state index in [9.17, 15) is 4.79 Å². The molecule has 1 aromatic carbocycles. The molecule has 3 aromatic rings. The Morgan fingerprint density at radius 1 is 1.19 bits per heavy atom. The minimum atomic E-state index is -0.232. The van der Waals surface area contributed by atoms with Crippen LogP contribution in [-0.4, -0.2) is 15.9 Å². The third-order valence-corrected chi connectivity index (χ3v) is 3.08. The van der Waals surface area contributed by atoms with E-state index in [0.29, 0.717) is 22.8 Å². The highest BCUT2D eigenvalue weighted by molar-refractivity contribution is 6.05. The van der Waals surface area contributed by atoms with Crippen molar-refractivity contribution in [2.45, 2.75) is 6.92 Å². The van der Waals surface area contributed by atoms with Crippen molar-refractivity contribution in [3.63, 3.8) is 0 Å². The summed E-state index contributed by atoms with van der Waals surface area (Å²) in [6.07, 6.45) is 1.64. The van der Waals surface area contributed by atoms with Crippen LogP contribution in [0.15, 0.2) is 48.7 Å². The third-order valence-electron chi connectivity index (χ3n) is 3.08. The molecule has 5 nitrogen and oxygen atoms in total. The van der Waals surface area contributed by atoms with Crippen LogP contribution in [0.2, 0.25) is 0 Å². The number of nitrogens with zero attached hydrogens (tertiary/aromatic N) is 2. The summed E-state index contributed by atoms with van der Waals surface area (Å²) in [5.41, 5.74) is 8.38. The number of anilines is 2. The Bertz CT molecular complexity index is 809. The number of nitrogen functional groups attached to an aromatic ring is 1. The number of nitrogens with one attached hydrogen (secondary N) is 1. The zero-order chi connectivity index (χ0) is 14.8. The van der Waals surface area contributed by atoms with Crippen molar-refractivity contribution in [2.75, 3.05) is 11.1 Å². The molecule has 2 heterocycles. The van der Waals surface area contributed by atoms with Crippen LogP contribution in [0.3, 0.4) is 0 Å². The Labute approximate surface area is 121 Å². The number of pyridine rings is 2. The summed E-state index contributed by atoms with van der Waals surface area (Å²) in [6, 6.07) is 12.9. The van der Waals surface area contributed by atoms with Gasteiger partial charge in [0.05, 0.1) is 17.4 Å². The van der Waals surface area contributed by atoms with Gasteiger partial charge in [-0.15, -0.1) is 0 Å². The van der Waals surface area contributed by atoms with Crippen LogP contribution in [0.5, 0.6) is 0 Å². The normalized spacial score (nSPS) is 10.5. The Morgan fingerprint density at radius 2 is 2.00 bits per heavy atom. The van der Waals surface area contributed by atoms with Crippen LogP contribution < -0.4 is 11.1 Å². The predicted octanol–water partition coefficient (Wildman–Crippen LogP) is 2.77. The Morgan fingerprint density at radius 3 is 2.81 bits per heavy atom. The Hall–Kier alpha value is -2.95. The molecule has 5 heteroatoms. The van der Waals surface area contributed by atoms with Crippen LogP contribution in [-0.2, 0) is 0 Å². The third kappa shape index (κ3) is 2.81. The Kier molecular flexibility index (Phi) is 3.23. The molecule has 104 valence electrons. The number of aromatic nitrogens is 2. The predicted molar refractivity (Wildman–Crippen MR) is 83.1 cm³/mol. The molecule has 0 aliphatic heterocycles. The molecule has 0 aliphatic carbocycles. The van der Waals surface area contributed by atoms with Gasteiger partial charge in [-0.25, -0.2) is 4.98 Å². The minimum absolute atomic E-state index is 0.232. The van der Waals surface area contributed by atoms with Crippen LogP contribution in [0, 0.1) is 6.92 Å². The van der Waals surface area contributed by atoms with Crippen LogP contribution in [0.4, 0.5) is 11.5 Å². The first-order valence-corrected chi connectivity index (χ1v) is 6.52. The lowest BCUT2D eigenvalue weighted by atomic mass is 10.2. The second kappa shape index (κ2) is 5.20. The quantitative estimate of drug-likeness (QED) is 0.755. The van der Waals surface area contributed by atoms with E-state index in [2.05, 4.69) is 15.3 Å². The smallest absolute Gasteiger partial charge is 0.255 e. The summed E-state index contributed by atoms with van der Waals surface area (Å²) in [5.74, 6) is 0.0982. The van der Waals surface area contributed by atoms with E-state index < -0.39 is 0 Å². The number of benzene rings is 1. The van der Waals surface area contributed by atoms with E-state index in [4.69, 9.17) is 5.73 Å². The molecular formula is C16H14N4O. The first-order valence-electron chi connectivity index (χ1n) is 6.52. The van der Waals surface area contributed by atoms with Crippen molar-refractivity contribution in [2.24, 2.45) is 0 Å². The molecular weight excluding hydrogens is 264 g/mol. The number of aryl methyl sites for hydroxylation is 1. The standard InChI is InChI=1S/C16H14N4O/c1-10-6-12(8-15(17)19-10)16(21)20-13-7-11-4-2-3-5-14(11)18-9-13/h2-9H,1H3,(H2,17,19)(H,20,21). The van der Waals surface area contributed by atoms with Gasteiger partial charge in [-0.1, -0.05) is 18.2 Å². The molecule has 0 fully saturated rings. The van der Waals surface area contributed by atoms with E-state index in [1.54, 1.807) is 25.3 Å². The van der Waals surface area contributed by atoms with Crippen LogP contribution in [0.1, 0.15) is 16.1 Å². The van der Waals surface area contributed by atoms with Gasteiger partial charge in [0.15, 0.2) is 0 Å². The largest absolute Gasteiger partial charge is 0.384 e. The van der Waals surface area contributed by atoms with Crippen molar-refractivity contribution in [1.29, 1.82) is 0 Å². The maximum absolute atomic E-state index is 12.2. The summed E-state index contributed by atoms with van der Waals surface area (Å²) in [5, 5.41) is 3.79. The lowest BCUT2D eigenvalue weighted by Crippen LogP contribution is -2.13. The zero-order valence-electron chi connectivity index (χ0n) is 11.5. The number of fused-ring (bicyclic) bond motifs is 1. The molecule has 0 radical (unpaired) electrons. The van der Waals surface area contributed by atoms with Gasteiger partial charge in [0.25, 0.3) is 5.91 Å². The average molecular weight is 278 g/mol. The van der Waals surface area contributed by atoms with Gasteiger partial charge >= 0.3 is 0 Å². The molecule has 0 unspecified atom stereocenters. The van der Waals surface area contributed by atoms with Gasteiger partial charge in [0.2, 0.25) is 0 Å². The highest BCUT2D eigenvalue weighted by atomic mass is 16.1. The van der Waals surface area contributed by atoms with Gasteiger partial charge in [0.1, 0.15) is 5.82 Å². The summed E-state index contributed by atoms with van der Waals surface area (Å²) in [4.78, 5) is 20.6. The molecule has 0 spiro atoms. The zero-order valence-corrected chi connectivity index (χ0v) is 11.5. The fraction of sp³-hybridized carbons (Fsp3) is 0.0625. The van der Waals surface area contributed by atoms with Crippen molar-refractivity contribution < 1.29 is 4.79 Å². The number of hydrogen-bond donors (Lipinski definition) is 2. The van der Waals surface area contributed by atoms with Crippen LogP contribution in [0.25, 0.3) is 10.9 Å². The molecule has 1 amide bonds. The topological polar surface area (TPSA) is 80.9 Å². The number of carbonyl (C=O) groups excluding carboxylic acids is 1. The van der Waals surface area contributed by atoms with E-state index >= 15 is 0 Å². The first-order chi connectivity index (χ1) is 10.1. The van der Waals surface area contributed by atoms with Gasteiger partial charge in [-0.3, -0.25) is 9.78 Å². The number of amides is 1. The molecule has 3 rings (SSSR count). The second-order valence-electron chi connectivity index (χ2n) is 4.79. The molecule has 21 heavy (non-hydrogen) atoms. The minimum Gasteiger partial charge on any atom is -0.384 e. The van der Waals surface area contributed by atoms with E-state index in [1.807, 2.05) is 30.3 Å². The van der Waals surface area contributed by atoms with Crippen molar-refractivity contribution in [3.05, 3.63) is 59.9 Å². The van der Waals surface area contributed by atoms with E-state index in [1.165, 1.54) is 0 Å². The van der Waals surface area contributed by atoms with Crippen LogP contribution >= 0.6 is 0 Å². The fourth-order valence-corrected chi connectivity index (χ4v) is 2.17. The van der Waals surface area contributed by atoms with Gasteiger partial charge < -0.3 is 11.1 Å². The molecule has 3 N–H and O–H groups in total. The Balaban J connectivity index is 1.88. The van der Waals surface area contributed by atoms with Crippen molar-refractivity contribution >= 4 is 28.3 Å². The maximum Gasteiger partial charge on any atom is 0.255 e. The van der Waals surface area contributed by atoms with E-state index in [0.717, 1.165) is 10.9 Å². The van der Waals surface area contributed by atoms with Gasteiger partial charge in [0, 0.05) is 16.6 Å². The lowest BCUT2D eigenvalue weighted by molar-refractivity contribution is 0.102. The maximum atomic E-state index is 12.2. The molecule has 0 saturated carbocycles.